The van der Waals surface area contributed by atoms with E-state index in [9.17, 15) is 22.8 Å². The molecular weight excluding hydrogens is 539 g/mol. The summed E-state index contributed by atoms with van der Waals surface area (Å²) in [5.41, 5.74) is -0.380. The molecule has 0 radical (unpaired) electrons. The maximum Gasteiger partial charge on any atom is 0.433 e. The second-order valence-corrected chi connectivity index (χ2v) is 8.96. The molecule has 0 aliphatic carbocycles. The fourth-order valence-corrected chi connectivity index (χ4v) is 4.00. The first-order chi connectivity index (χ1) is 18.5. The maximum atomic E-state index is 13.9. The van der Waals surface area contributed by atoms with Crippen molar-refractivity contribution in [2.75, 3.05) is 5.32 Å². The van der Waals surface area contributed by atoms with Crippen LogP contribution in [0.25, 0.3) is 16.9 Å². The summed E-state index contributed by atoms with van der Waals surface area (Å²) in [5.74, 6) is -1.38. The fourth-order valence-electron chi connectivity index (χ4n) is 3.87. The number of aryl methyl sites for hydroxylation is 2. The molecule has 0 saturated heterocycles. The van der Waals surface area contributed by atoms with Crippen LogP contribution >= 0.6 is 11.6 Å². The molecule has 200 valence electrons. The molecule has 0 unspecified atom stereocenters. The summed E-state index contributed by atoms with van der Waals surface area (Å²) in [7, 11) is 3.25. The largest absolute Gasteiger partial charge is 0.433 e. The van der Waals surface area contributed by atoms with E-state index < -0.39 is 23.7 Å². The highest BCUT2D eigenvalue weighted by atomic mass is 35.5. The van der Waals surface area contributed by atoms with Gasteiger partial charge in [-0.05, 0) is 18.2 Å². The number of halogens is 4. The number of rotatable bonds is 6. The van der Waals surface area contributed by atoms with Gasteiger partial charge in [0, 0.05) is 49.1 Å². The summed E-state index contributed by atoms with van der Waals surface area (Å²) in [4.78, 5) is 30.1. The van der Waals surface area contributed by atoms with Gasteiger partial charge in [-0.15, -0.1) is 0 Å². The van der Waals surface area contributed by atoms with Crippen LogP contribution < -0.4 is 10.6 Å². The molecule has 0 aliphatic heterocycles. The number of anilines is 1. The molecule has 5 aromatic rings. The lowest BCUT2D eigenvalue weighted by atomic mass is 10.1. The number of benzene rings is 1. The van der Waals surface area contributed by atoms with Crippen molar-refractivity contribution >= 4 is 34.7 Å². The van der Waals surface area contributed by atoms with Gasteiger partial charge in [-0.1, -0.05) is 23.7 Å². The van der Waals surface area contributed by atoms with Crippen LogP contribution in [-0.2, 0) is 26.8 Å². The normalized spacial score (nSPS) is 11.6. The zero-order chi connectivity index (χ0) is 27.9. The first-order valence-electron chi connectivity index (χ1n) is 11.3. The van der Waals surface area contributed by atoms with Gasteiger partial charge in [0.15, 0.2) is 17.0 Å². The van der Waals surface area contributed by atoms with Crippen molar-refractivity contribution in [1.29, 1.82) is 0 Å². The molecule has 11 nitrogen and oxygen atoms in total. The average Bonchev–Trinajstić information content (AvgIpc) is 3.60. The molecule has 5 rings (SSSR count). The van der Waals surface area contributed by atoms with Gasteiger partial charge in [-0.25, -0.2) is 9.50 Å². The van der Waals surface area contributed by atoms with Crippen molar-refractivity contribution in [1.82, 2.24) is 39.5 Å². The van der Waals surface area contributed by atoms with Gasteiger partial charge in [0.05, 0.1) is 23.8 Å². The number of aromatic nitrogens is 7. The molecule has 0 bridgehead atoms. The Morgan fingerprint density at radius 3 is 2.44 bits per heavy atom. The molecule has 0 atom stereocenters. The number of alkyl halides is 3. The zero-order valence-corrected chi connectivity index (χ0v) is 21.1. The van der Waals surface area contributed by atoms with E-state index in [4.69, 9.17) is 11.6 Å². The maximum absolute atomic E-state index is 13.9. The number of amides is 2. The monoisotopic (exact) mass is 557 g/mol. The predicted octanol–water partition coefficient (Wildman–Crippen LogP) is 3.72. The highest BCUT2D eigenvalue weighted by Crippen LogP contribution is 2.32. The summed E-state index contributed by atoms with van der Waals surface area (Å²) < 4.78 is 45.1. The van der Waals surface area contributed by atoms with Gasteiger partial charge < -0.3 is 10.6 Å². The molecule has 0 spiro atoms. The lowest BCUT2D eigenvalue weighted by Crippen LogP contribution is -2.26. The minimum Gasteiger partial charge on any atom is -0.346 e. The van der Waals surface area contributed by atoms with Crippen LogP contribution in [-0.4, -0.2) is 46.0 Å². The van der Waals surface area contributed by atoms with E-state index >= 15 is 0 Å². The van der Waals surface area contributed by atoms with E-state index in [0.29, 0.717) is 15.1 Å². The minimum atomic E-state index is -4.79. The van der Waals surface area contributed by atoms with Crippen LogP contribution in [0.3, 0.4) is 0 Å². The Balaban J connectivity index is 1.43. The number of carbonyl (C=O) groups excluding carboxylic acids is 2. The highest BCUT2D eigenvalue weighted by molar-refractivity contribution is 6.30. The minimum absolute atomic E-state index is 0.0261. The van der Waals surface area contributed by atoms with E-state index in [0.717, 1.165) is 17.7 Å². The smallest absolute Gasteiger partial charge is 0.346 e. The van der Waals surface area contributed by atoms with Crippen molar-refractivity contribution in [2.45, 2.75) is 12.7 Å². The van der Waals surface area contributed by atoms with E-state index in [2.05, 4.69) is 30.9 Å². The van der Waals surface area contributed by atoms with E-state index in [1.165, 1.54) is 42.2 Å². The molecule has 1 aromatic carbocycles. The summed E-state index contributed by atoms with van der Waals surface area (Å²) in [6.45, 7) is 0.180. The van der Waals surface area contributed by atoms with Crippen molar-refractivity contribution in [3.8, 4) is 11.3 Å². The van der Waals surface area contributed by atoms with Gasteiger partial charge >= 0.3 is 6.18 Å². The van der Waals surface area contributed by atoms with Crippen LogP contribution in [0.1, 0.15) is 32.2 Å². The summed E-state index contributed by atoms with van der Waals surface area (Å²) in [6, 6.07) is 8.11. The molecule has 15 heteroatoms. The lowest BCUT2D eigenvalue weighted by molar-refractivity contribution is -0.142. The van der Waals surface area contributed by atoms with Crippen LogP contribution in [0.4, 0.5) is 18.9 Å². The van der Waals surface area contributed by atoms with Gasteiger partial charge in [0.1, 0.15) is 5.69 Å². The van der Waals surface area contributed by atoms with Crippen molar-refractivity contribution in [3.63, 3.8) is 0 Å². The Morgan fingerprint density at radius 1 is 1.03 bits per heavy atom. The lowest BCUT2D eigenvalue weighted by Gasteiger charge is -2.11. The second kappa shape index (κ2) is 9.87. The molecule has 0 fully saturated rings. The van der Waals surface area contributed by atoms with E-state index in [1.54, 1.807) is 24.1 Å². The Kier molecular flexibility index (Phi) is 6.56. The van der Waals surface area contributed by atoms with Crippen LogP contribution in [0, 0.1) is 0 Å². The molecule has 39 heavy (non-hydrogen) atoms. The molecule has 0 aliphatic rings. The van der Waals surface area contributed by atoms with Gasteiger partial charge in [-0.2, -0.15) is 28.5 Å². The summed E-state index contributed by atoms with van der Waals surface area (Å²) in [6.07, 6.45) is -0.204. The number of hydrogen-bond donors (Lipinski definition) is 2. The third kappa shape index (κ3) is 5.31. The molecule has 4 heterocycles. The van der Waals surface area contributed by atoms with Crippen LogP contribution in [0.2, 0.25) is 5.02 Å². The third-order valence-electron chi connectivity index (χ3n) is 5.70. The van der Waals surface area contributed by atoms with Crippen LogP contribution in [0.5, 0.6) is 0 Å². The zero-order valence-electron chi connectivity index (χ0n) is 20.4. The number of carbonyl (C=O) groups is 2. The predicted molar refractivity (Wildman–Crippen MR) is 134 cm³/mol. The Morgan fingerprint density at radius 2 is 1.77 bits per heavy atom. The van der Waals surface area contributed by atoms with Gasteiger partial charge in [0.2, 0.25) is 0 Å². The van der Waals surface area contributed by atoms with E-state index in [-0.39, 0.29) is 35.0 Å². The van der Waals surface area contributed by atoms with Crippen molar-refractivity contribution in [3.05, 3.63) is 82.7 Å². The Labute approximate surface area is 223 Å². The first-order valence-corrected chi connectivity index (χ1v) is 11.7. The molecule has 4 aromatic heterocycles. The van der Waals surface area contributed by atoms with Crippen molar-refractivity contribution < 1.29 is 22.8 Å². The first kappa shape index (κ1) is 25.9. The average molecular weight is 558 g/mol. The molecular formula is C24H19ClF3N9O2. The summed E-state index contributed by atoms with van der Waals surface area (Å²) >= 11 is 5.89. The van der Waals surface area contributed by atoms with Crippen molar-refractivity contribution in [2.24, 2.45) is 14.1 Å². The number of nitrogens with one attached hydrogen (secondary N) is 2. The fraction of sp³-hybridized carbons (Fsp3) is 0.167. The number of hydrogen-bond acceptors (Lipinski definition) is 6. The highest BCUT2D eigenvalue weighted by Gasteiger charge is 2.36. The SMILES string of the molecule is Cn1cc(CNC(=O)c2c(NC(=O)c3cc4nc(-c5ccc(Cl)cc5)cc(C(F)(F)F)n4n3)cnn2C)cn1. The topological polar surface area (TPSA) is 124 Å². The molecule has 2 amide bonds. The quantitative estimate of drug-likeness (QED) is 0.328. The Bertz CT molecular complexity index is 1700. The second-order valence-electron chi connectivity index (χ2n) is 8.52. The third-order valence-corrected chi connectivity index (χ3v) is 5.96. The van der Waals surface area contributed by atoms with Crippen LogP contribution in [0.15, 0.2) is 55.0 Å². The van der Waals surface area contributed by atoms with Gasteiger partial charge in [0.25, 0.3) is 11.8 Å². The standard InChI is InChI=1S/C24H19ClF3N9O2/c1-35-12-13(10-30-35)9-29-23(39)21-18(11-31-36(21)2)33-22(38)17-8-20-32-16(14-3-5-15(25)6-4-14)7-19(24(26,27)28)37(20)34-17/h3-8,10-12H,9H2,1-2H3,(H,29,39)(H,33,38). The molecule has 0 saturated carbocycles. The summed E-state index contributed by atoms with van der Waals surface area (Å²) in [5, 5.41) is 17.5. The van der Waals surface area contributed by atoms with Gasteiger partial charge in [-0.3, -0.25) is 19.0 Å². The molecule has 2 N–H and O–H groups in total. The number of nitrogens with zero attached hydrogens (tertiary/aromatic N) is 7. The number of fused-ring (bicyclic) bond motifs is 1. The Hall–Kier alpha value is -4.72. The van der Waals surface area contributed by atoms with E-state index in [1.807, 2.05) is 0 Å².